The van der Waals surface area contributed by atoms with Gasteiger partial charge >= 0.3 is 0 Å². The molecule has 1 aromatic rings. The molecule has 1 heteroatoms. The maximum atomic E-state index is 5.98. The zero-order valence-electron chi connectivity index (χ0n) is 10.8. The maximum Gasteiger partial charge on any atom is -0.00205 e. The first-order valence-corrected chi connectivity index (χ1v) is 6.95. The molecular weight excluding hydrogens is 206 g/mol. The Labute approximate surface area is 104 Å². The predicted octanol–water partition coefficient (Wildman–Crippen LogP) is 3.55. The fourth-order valence-electron chi connectivity index (χ4n) is 3.91. The minimum Gasteiger partial charge on any atom is -0.330 e. The second-order valence-electron chi connectivity index (χ2n) is 6.35. The highest BCUT2D eigenvalue weighted by molar-refractivity contribution is 5.31. The maximum absolute atomic E-state index is 5.98. The summed E-state index contributed by atoms with van der Waals surface area (Å²) in [4.78, 5) is 0. The Kier molecular flexibility index (Phi) is 2.55. The van der Waals surface area contributed by atoms with E-state index < -0.39 is 0 Å². The van der Waals surface area contributed by atoms with Crippen LogP contribution in [0.25, 0.3) is 0 Å². The van der Waals surface area contributed by atoms with Gasteiger partial charge in [0, 0.05) is 0 Å². The molecule has 3 aliphatic carbocycles. The molecule has 0 aromatic heterocycles. The van der Waals surface area contributed by atoms with Crippen LogP contribution >= 0.6 is 0 Å². The van der Waals surface area contributed by atoms with Crippen LogP contribution in [0.15, 0.2) is 24.3 Å². The van der Waals surface area contributed by atoms with Crippen LogP contribution < -0.4 is 5.73 Å². The SMILES string of the molecule is Cc1ccc(C23CCC(CN)(CC2)CC3)cc1. The monoisotopic (exact) mass is 229 g/mol. The minimum absolute atomic E-state index is 0.491. The number of benzene rings is 1. The molecule has 4 rings (SSSR count). The number of aryl methyl sites for hydroxylation is 1. The molecule has 0 spiro atoms. The Balaban J connectivity index is 1.88. The zero-order valence-corrected chi connectivity index (χ0v) is 10.8. The Hall–Kier alpha value is -0.820. The van der Waals surface area contributed by atoms with E-state index in [0.29, 0.717) is 10.8 Å². The summed E-state index contributed by atoms with van der Waals surface area (Å²) in [5.41, 5.74) is 9.92. The van der Waals surface area contributed by atoms with Crippen molar-refractivity contribution in [2.45, 2.75) is 50.9 Å². The lowest BCUT2D eigenvalue weighted by molar-refractivity contribution is 0.0471. The van der Waals surface area contributed by atoms with Gasteiger partial charge in [-0.1, -0.05) is 29.8 Å². The van der Waals surface area contributed by atoms with E-state index in [-0.39, 0.29) is 0 Å². The van der Waals surface area contributed by atoms with Gasteiger partial charge in [-0.05, 0) is 68.4 Å². The van der Waals surface area contributed by atoms with Crippen molar-refractivity contribution < 1.29 is 0 Å². The highest BCUT2D eigenvalue weighted by atomic mass is 14.6. The topological polar surface area (TPSA) is 26.0 Å². The number of hydrogen-bond donors (Lipinski definition) is 1. The van der Waals surface area contributed by atoms with E-state index in [1.165, 1.54) is 44.1 Å². The lowest BCUT2D eigenvalue weighted by atomic mass is 9.52. The molecule has 0 saturated heterocycles. The molecule has 1 nitrogen and oxygen atoms in total. The van der Waals surface area contributed by atoms with Crippen LogP contribution in [0, 0.1) is 12.3 Å². The standard InChI is InChI=1S/C16H23N/c1-13-2-4-14(5-3-13)16-9-6-15(12-17,7-10-16)8-11-16/h2-5H,6-12,17H2,1H3. The summed E-state index contributed by atoms with van der Waals surface area (Å²) in [6.07, 6.45) is 8.10. The first kappa shape index (κ1) is 11.3. The third-order valence-electron chi connectivity index (χ3n) is 5.50. The Morgan fingerprint density at radius 1 is 0.941 bits per heavy atom. The molecule has 0 radical (unpaired) electrons. The highest BCUT2D eigenvalue weighted by Crippen LogP contribution is 2.57. The molecule has 2 N–H and O–H groups in total. The summed E-state index contributed by atoms with van der Waals surface area (Å²) in [7, 11) is 0. The van der Waals surface area contributed by atoms with Crippen molar-refractivity contribution in [2.24, 2.45) is 11.1 Å². The van der Waals surface area contributed by atoms with Gasteiger partial charge in [0.15, 0.2) is 0 Å². The van der Waals surface area contributed by atoms with E-state index in [0.717, 1.165) is 6.54 Å². The van der Waals surface area contributed by atoms with E-state index in [1.807, 2.05) is 0 Å². The molecular formula is C16H23N. The summed E-state index contributed by atoms with van der Waals surface area (Å²) in [5.74, 6) is 0. The molecule has 3 saturated carbocycles. The van der Waals surface area contributed by atoms with E-state index in [2.05, 4.69) is 31.2 Å². The number of fused-ring (bicyclic) bond motifs is 3. The summed E-state index contributed by atoms with van der Waals surface area (Å²) in [6, 6.07) is 9.25. The van der Waals surface area contributed by atoms with Gasteiger partial charge in [0.25, 0.3) is 0 Å². The average Bonchev–Trinajstić information content (AvgIpc) is 2.41. The molecule has 0 atom stereocenters. The van der Waals surface area contributed by atoms with Gasteiger partial charge in [-0.3, -0.25) is 0 Å². The van der Waals surface area contributed by atoms with Crippen LogP contribution in [0.2, 0.25) is 0 Å². The van der Waals surface area contributed by atoms with Crippen molar-refractivity contribution in [1.29, 1.82) is 0 Å². The van der Waals surface area contributed by atoms with Crippen LogP contribution in [0.5, 0.6) is 0 Å². The third kappa shape index (κ3) is 1.72. The predicted molar refractivity (Wildman–Crippen MR) is 72.0 cm³/mol. The Morgan fingerprint density at radius 3 is 1.94 bits per heavy atom. The Bertz CT molecular complexity index is 380. The summed E-state index contributed by atoms with van der Waals surface area (Å²) >= 11 is 0. The van der Waals surface area contributed by atoms with Crippen molar-refractivity contribution in [3.63, 3.8) is 0 Å². The minimum atomic E-state index is 0.491. The van der Waals surface area contributed by atoms with Crippen LogP contribution in [-0.2, 0) is 5.41 Å². The van der Waals surface area contributed by atoms with Crippen LogP contribution in [0.1, 0.15) is 49.7 Å². The number of nitrogens with two attached hydrogens (primary N) is 1. The lowest BCUT2D eigenvalue weighted by Gasteiger charge is -2.53. The molecule has 2 bridgehead atoms. The molecule has 0 aliphatic heterocycles. The van der Waals surface area contributed by atoms with Crippen molar-refractivity contribution in [3.8, 4) is 0 Å². The second-order valence-corrected chi connectivity index (χ2v) is 6.35. The van der Waals surface area contributed by atoms with E-state index in [9.17, 15) is 0 Å². The summed E-state index contributed by atoms with van der Waals surface area (Å²) in [6.45, 7) is 3.07. The molecule has 3 aliphatic rings. The van der Waals surface area contributed by atoms with Crippen molar-refractivity contribution in [1.82, 2.24) is 0 Å². The quantitative estimate of drug-likeness (QED) is 0.824. The normalized spacial score (nSPS) is 36.1. The molecule has 0 amide bonds. The number of rotatable bonds is 2. The van der Waals surface area contributed by atoms with Gasteiger partial charge in [-0.2, -0.15) is 0 Å². The number of hydrogen-bond acceptors (Lipinski definition) is 1. The highest BCUT2D eigenvalue weighted by Gasteiger charge is 2.48. The van der Waals surface area contributed by atoms with Gasteiger partial charge in [0.1, 0.15) is 0 Å². The molecule has 0 heterocycles. The summed E-state index contributed by atoms with van der Waals surface area (Å²) in [5, 5.41) is 0. The first-order valence-electron chi connectivity index (χ1n) is 6.95. The van der Waals surface area contributed by atoms with E-state index >= 15 is 0 Å². The largest absolute Gasteiger partial charge is 0.330 e. The zero-order chi connectivity index (χ0) is 11.9. The van der Waals surface area contributed by atoms with Crippen LogP contribution in [-0.4, -0.2) is 6.54 Å². The van der Waals surface area contributed by atoms with Gasteiger partial charge in [0.2, 0.25) is 0 Å². The van der Waals surface area contributed by atoms with Crippen molar-refractivity contribution in [2.75, 3.05) is 6.54 Å². The van der Waals surface area contributed by atoms with Crippen LogP contribution in [0.3, 0.4) is 0 Å². The van der Waals surface area contributed by atoms with Gasteiger partial charge < -0.3 is 5.73 Å². The van der Waals surface area contributed by atoms with Crippen LogP contribution in [0.4, 0.5) is 0 Å². The fourth-order valence-corrected chi connectivity index (χ4v) is 3.91. The smallest absolute Gasteiger partial charge is 0.00205 e. The molecule has 92 valence electrons. The molecule has 0 unspecified atom stereocenters. The van der Waals surface area contributed by atoms with Crippen molar-refractivity contribution >= 4 is 0 Å². The third-order valence-corrected chi connectivity index (χ3v) is 5.50. The second kappa shape index (κ2) is 3.84. The fraction of sp³-hybridized carbons (Fsp3) is 0.625. The first-order chi connectivity index (χ1) is 8.18. The Morgan fingerprint density at radius 2 is 1.47 bits per heavy atom. The van der Waals surface area contributed by atoms with E-state index in [1.54, 1.807) is 5.56 Å². The molecule has 17 heavy (non-hydrogen) atoms. The van der Waals surface area contributed by atoms with Crippen molar-refractivity contribution in [3.05, 3.63) is 35.4 Å². The van der Waals surface area contributed by atoms with Gasteiger partial charge in [-0.25, -0.2) is 0 Å². The van der Waals surface area contributed by atoms with Gasteiger partial charge in [-0.15, -0.1) is 0 Å². The van der Waals surface area contributed by atoms with Gasteiger partial charge in [0.05, 0.1) is 0 Å². The molecule has 3 fully saturated rings. The lowest BCUT2D eigenvalue weighted by Crippen LogP contribution is -2.47. The molecule has 1 aromatic carbocycles. The summed E-state index contributed by atoms with van der Waals surface area (Å²) < 4.78 is 0. The average molecular weight is 229 g/mol. The van der Waals surface area contributed by atoms with E-state index in [4.69, 9.17) is 5.73 Å².